The lowest BCUT2D eigenvalue weighted by molar-refractivity contribution is -0.122. The fourth-order valence-corrected chi connectivity index (χ4v) is 4.11. The van der Waals surface area contributed by atoms with Gasteiger partial charge in [0.25, 0.3) is 0 Å². The van der Waals surface area contributed by atoms with E-state index < -0.39 is 16.1 Å². The third kappa shape index (κ3) is 6.05. The highest BCUT2D eigenvalue weighted by atomic mass is 32.2. The summed E-state index contributed by atoms with van der Waals surface area (Å²) >= 11 is 1.62. The quantitative estimate of drug-likeness (QED) is 0.503. The van der Waals surface area contributed by atoms with Gasteiger partial charge in [0.1, 0.15) is 5.75 Å². The molecule has 0 aliphatic heterocycles. The van der Waals surface area contributed by atoms with Gasteiger partial charge in [-0.3, -0.25) is 4.79 Å². The average Bonchev–Trinajstić information content (AvgIpc) is 2.65. The van der Waals surface area contributed by atoms with Crippen LogP contribution in [0.2, 0.25) is 0 Å². The van der Waals surface area contributed by atoms with Crippen molar-refractivity contribution in [2.75, 3.05) is 19.4 Å². The second-order valence-electron chi connectivity index (χ2n) is 5.47. The van der Waals surface area contributed by atoms with Crippen LogP contribution >= 0.6 is 11.8 Å². The highest BCUT2D eigenvalue weighted by Gasteiger charge is 2.21. The Balaban J connectivity index is 1.81. The molecule has 140 valence electrons. The number of carbonyl (C=O) groups is 1. The minimum atomic E-state index is -3.77. The normalized spacial score (nSPS) is 12.4. The minimum Gasteiger partial charge on any atom is -0.497 e. The summed E-state index contributed by atoms with van der Waals surface area (Å²) in [5.74, 6) is 0.898. The Hall–Kier alpha value is -2.03. The standard InChI is InChI=1S/C18H22N2O4S2/c1-14(18(21)19-12-13-25-16-6-4-3-5-7-16)20-26(22,23)17-10-8-15(24-2)9-11-17/h3-11,14,20H,12-13H2,1-2H3,(H,19,21)/t14-/m0/s1. The molecule has 0 saturated heterocycles. The lowest BCUT2D eigenvalue weighted by Crippen LogP contribution is -2.45. The van der Waals surface area contributed by atoms with Crippen LogP contribution in [0.5, 0.6) is 5.75 Å². The number of thioether (sulfide) groups is 1. The molecule has 2 rings (SSSR count). The van der Waals surface area contributed by atoms with Gasteiger partial charge in [-0.25, -0.2) is 8.42 Å². The van der Waals surface area contributed by atoms with Crippen molar-refractivity contribution in [1.29, 1.82) is 0 Å². The number of nitrogens with one attached hydrogen (secondary N) is 2. The molecule has 6 nitrogen and oxygen atoms in total. The van der Waals surface area contributed by atoms with E-state index in [-0.39, 0.29) is 10.8 Å². The molecule has 0 aliphatic carbocycles. The van der Waals surface area contributed by atoms with Crippen LogP contribution in [-0.4, -0.2) is 39.8 Å². The monoisotopic (exact) mass is 394 g/mol. The van der Waals surface area contributed by atoms with Crippen molar-refractivity contribution in [3.05, 3.63) is 54.6 Å². The lowest BCUT2D eigenvalue weighted by Gasteiger charge is -2.14. The van der Waals surface area contributed by atoms with Crippen molar-refractivity contribution in [1.82, 2.24) is 10.0 Å². The Morgan fingerprint density at radius 1 is 1.12 bits per heavy atom. The molecule has 2 N–H and O–H groups in total. The molecule has 26 heavy (non-hydrogen) atoms. The SMILES string of the molecule is COc1ccc(S(=O)(=O)N[C@@H](C)C(=O)NCCSc2ccccc2)cc1. The zero-order valence-electron chi connectivity index (χ0n) is 14.6. The predicted octanol–water partition coefficient (Wildman–Crippen LogP) is 2.27. The number of benzene rings is 2. The van der Waals surface area contributed by atoms with Crippen LogP contribution in [-0.2, 0) is 14.8 Å². The molecule has 0 radical (unpaired) electrons. The molecule has 1 amide bonds. The topological polar surface area (TPSA) is 84.5 Å². The van der Waals surface area contributed by atoms with E-state index in [1.165, 1.54) is 26.2 Å². The third-order valence-corrected chi connectivity index (χ3v) is 6.08. The number of amides is 1. The van der Waals surface area contributed by atoms with Gasteiger partial charge in [-0.15, -0.1) is 11.8 Å². The molecule has 0 aliphatic rings. The van der Waals surface area contributed by atoms with Gasteiger partial charge in [-0.2, -0.15) is 4.72 Å². The smallest absolute Gasteiger partial charge is 0.241 e. The molecule has 0 spiro atoms. The van der Waals surface area contributed by atoms with Crippen molar-refractivity contribution in [3.8, 4) is 5.75 Å². The van der Waals surface area contributed by atoms with Crippen LogP contribution in [0.3, 0.4) is 0 Å². The molecule has 0 saturated carbocycles. The molecule has 8 heteroatoms. The summed E-state index contributed by atoms with van der Waals surface area (Å²) in [5.41, 5.74) is 0. The number of ether oxygens (including phenoxy) is 1. The van der Waals surface area contributed by atoms with Crippen molar-refractivity contribution < 1.29 is 17.9 Å². The van der Waals surface area contributed by atoms with Crippen molar-refractivity contribution in [2.24, 2.45) is 0 Å². The number of hydrogen-bond donors (Lipinski definition) is 2. The maximum Gasteiger partial charge on any atom is 0.241 e. The molecule has 1 atom stereocenters. The fraction of sp³-hybridized carbons (Fsp3) is 0.278. The van der Waals surface area contributed by atoms with Crippen LogP contribution in [0.25, 0.3) is 0 Å². The van der Waals surface area contributed by atoms with Gasteiger partial charge in [0, 0.05) is 17.2 Å². The van der Waals surface area contributed by atoms with Crippen LogP contribution in [0.1, 0.15) is 6.92 Å². The van der Waals surface area contributed by atoms with Gasteiger partial charge in [0.2, 0.25) is 15.9 Å². The van der Waals surface area contributed by atoms with Gasteiger partial charge >= 0.3 is 0 Å². The summed E-state index contributed by atoms with van der Waals surface area (Å²) in [5, 5.41) is 2.74. The van der Waals surface area contributed by atoms with Crippen molar-refractivity contribution in [2.45, 2.75) is 22.8 Å². The summed E-state index contributed by atoms with van der Waals surface area (Å²) in [4.78, 5) is 13.3. The zero-order valence-corrected chi connectivity index (χ0v) is 16.3. The van der Waals surface area contributed by atoms with Gasteiger partial charge < -0.3 is 10.1 Å². The van der Waals surface area contributed by atoms with Gasteiger partial charge in [-0.1, -0.05) is 18.2 Å². The second-order valence-corrected chi connectivity index (χ2v) is 8.35. The molecule has 0 bridgehead atoms. The summed E-state index contributed by atoms with van der Waals surface area (Å²) in [6.45, 7) is 1.97. The van der Waals surface area contributed by atoms with E-state index in [9.17, 15) is 13.2 Å². The van der Waals surface area contributed by atoms with E-state index >= 15 is 0 Å². The van der Waals surface area contributed by atoms with E-state index in [0.29, 0.717) is 18.0 Å². The third-order valence-electron chi connectivity index (χ3n) is 3.51. The summed E-state index contributed by atoms with van der Waals surface area (Å²) in [6, 6.07) is 15.0. The Bertz CT molecular complexity index is 809. The average molecular weight is 395 g/mol. The van der Waals surface area contributed by atoms with E-state index in [1.54, 1.807) is 23.9 Å². The zero-order chi connectivity index (χ0) is 19.0. The Morgan fingerprint density at radius 2 is 1.77 bits per heavy atom. The van der Waals surface area contributed by atoms with Gasteiger partial charge in [0.05, 0.1) is 18.0 Å². The molecular weight excluding hydrogens is 372 g/mol. The molecule has 0 fully saturated rings. The minimum absolute atomic E-state index is 0.0811. The highest BCUT2D eigenvalue weighted by molar-refractivity contribution is 7.99. The summed E-state index contributed by atoms with van der Waals surface area (Å²) in [7, 11) is -2.27. The summed E-state index contributed by atoms with van der Waals surface area (Å²) in [6.07, 6.45) is 0. The molecule has 0 unspecified atom stereocenters. The van der Waals surface area contributed by atoms with Gasteiger partial charge in [0.15, 0.2) is 0 Å². The number of methoxy groups -OCH3 is 1. The Morgan fingerprint density at radius 3 is 2.38 bits per heavy atom. The van der Waals surface area contributed by atoms with Crippen molar-refractivity contribution >= 4 is 27.7 Å². The van der Waals surface area contributed by atoms with Gasteiger partial charge in [-0.05, 0) is 43.3 Å². The summed E-state index contributed by atoms with van der Waals surface area (Å²) < 4.78 is 32.0. The van der Waals surface area contributed by atoms with Crippen LogP contribution in [0, 0.1) is 0 Å². The van der Waals surface area contributed by atoms with E-state index in [0.717, 1.165) is 4.90 Å². The lowest BCUT2D eigenvalue weighted by atomic mass is 10.3. The number of carbonyl (C=O) groups excluding carboxylic acids is 1. The first-order valence-corrected chi connectivity index (χ1v) is 10.5. The predicted molar refractivity (Wildman–Crippen MR) is 103 cm³/mol. The van der Waals surface area contributed by atoms with Crippen LogP contribution in [0.4, 0.5) is 0 Å². The Labute approximate surface area is 158 Å². The molecule has 0 aromatic heterocycles. The fourth-order valence-electron chi connectivity index (χ4n) is 2.12. The maximum absolute atomic E-state index is 12.3. The maximum atomic E-state index is 12.3. The molecule has 2 aromatic rings. The van der Waals surface area contributed by atoms with Crippen LogP contribution in [0.15, 0.2) is 64.4 Å². The van der Waals surface area contributed by atoms with E-state index in [1.807, 2.05) is 30.3 Å². The number of hydrogen-bond acceptors (Lipinski definition) is 5. The Kier molecular flexibility index (Phi) is 7.50. The molecular formula is C18H22N2O4S2. The van der Waals surface area contributed by atoms with E-state index in [2.05, 4.69) is 10.0 Å². The first-order chi connectivity index (χ1) is 12.4. The first kappa shape index (κ1) is 20.3. The molecule has 2 aromatic carbocycles. The number of rotatable bonds is 9. The van der Waals surface area contributed by atoms with Crippen LogP contribution < -0.4 is 14.8 Å². The highest BCUT2D eigenvalue weighted by Crippen LogP contribution is 2.16. The number of sulfonamides is 1. The largest absolute Gasteiger partial charge is 0.497 e. The first-order valence-electron chi connectivity index (χ1n) is 8.04. The molecule has 0 heterocycles. The second kappa shape index (κ2) is 9.61. The van der Waals surface area contributed by atoms with Crippen molar-refractivity contribution in [3.63, 3.8) is 0 Å². The van der Waals surface area contributed by atoms with E-state index in [4.69, 9.17) is 4.74 Å².